The number of hydrazone groups is 1. The maximum atomic E-state index is 10.6. The van der Waals surface area contributed by atoms with Gasteiger partial charge in [0.15, 0.2) is 5.76 Å². The highest BCUT2D eigenvalue weighted by atomic mass is 16.6. The smallest absolute Gasteiger partial charge is 0.400 e. The van der Waals surface area contributed by atoms with E-state index in [-0.39, 0.29) is 11.6 Å². The fraction of sp³-hybridized carbons (Fsp3) is 0. The Morgan fingerprint density at radius 3 is 2.56 bits per heavy atom. The third kappa shape index (κ3) is 3.49. The minimum atomic E-state index is -0.608. The van der Waals surface area contributed by atoms with Gasteiger partial charge in [-0.25, -0.2) is 15.4 Å². The zero-order valence-corrected chi connectivity index (χ0v) is 13.9. The molecule has 8 nitrogen and oxygen atoms in total. The number of nitrogens with one attached hydrogen (secondary N) is 1. The van der Waals surface area contributed by atoms with Crippen molar-refractivity contribution in [3.63, 3.8) is 0 Å². The van der Waals surface area contributed by atoms with Crippen molar-refractivity contribution in [1.82, 2.24) is 9.97 Å². The Kier molecular flexibility index (Phi) is 4.28. The number of hydrogen-bond donors (Lipinski definition) is 1. The number of benzene rings is 2. The van der Waals surface area contributed by atoms with Crippen LogP contribution in [0, 0.1) is 10.1 Å². The third-order valence-electron chi connectivity index (χ3n) is 3.80. The van der Waals surface area contributed by atoms with Gasteiger partial charge in [-0.2, -0.15) is 5.10 Å². The van der Waals surface area contributed by atoms with Crippen LogP contribution in [0.1, 0.15) is 5.76 Å². The number of hydrogen-bond acceptors (Lipinski definition) is 7. The quantitative estimate of drug-likeness (QED) is 0.324. The lowest BCUT2D eigenvalue weighted by Gasteiger charge is -2.08. The summed E-state index contributed by atoms with van der Waals surface area (Å²) in [6, 6.07) is 20.2. The van der Waals surface area contributed by atoms with E-state index in [1.807, 2.05) is 54.6 Å². The molecule has 0 bridgehead atoms. The topological polar surface area (TPSA) is 106 Å². The van der Waals surface area contributed by atoms with Crippen molar-refractivity contribution >= 4 is 29.0 Å². The average Bonchev–Trinajstić information content (AvgIpc) is 3.17. The first kappa shape index (κ1) is 16.4. The van der Waals surface area contributed by atoms with Gasteiger partial charge in [0.2, 0.25) is 5.95 Å². The van der Waals surface area contributed by atoms with Crippen LogP contribution in [0.3, 0.4) is 0 Å². The first-order valence-electron chi connectivity index (χ1n) is 8.06. The van der Waals surface area contributed by atoms with Crippen molar-refractivity contribution in [2.75, 3.05) is 5.43 Å². The molecule has 4 rings (SSSR count). The second-order valence-corrected chi connectivity index (χ2v) is 5.58. The SMILES string of the molecule is O=[N+]([O-])c1ccc(/C=N/Nc2nc(-c3ccccc3)c3ccccc3n2)o1. The number of aromatic nitrogens is 2. The molecule has 0 aliphatic heterocycles. The molecule has 2 heterocycles. The van der Waals surface area contributed by atoms with E-state index >= 15 is 0 Å². The first-order valence-corrected chi connectivity index (χ1v) is 8.06. The molecule has 0 atom stereocenters. The molecule has 132 valence electrons. The first-order chi connectivity index (χ1) is 13.2. The highest BCUT2D eigenvalue weighted by molar-refractivity contribution is 5.93. The van der Waals surface area contributed by atoms with Crippen LogP contribution in [0.5, 0.6) is 0 Å². The molecule has 2 aromatic carbocycles. The van der Waals surface area contributed by atoms with Crippen molar-refractivity contribution in [3.05, 3.63) is 82.6 Å². The van der Waals surface area contributed by atoms with Gasteiger partial charge in [0.05, 0.1) is 23.5 Å². The maximum absolute atomic E-state index is 10.6. The summed E-state index contributed by atoms with van der Waals surface area (Å²) in [7, 11) is 0. The molecule has 0 radical (unpaired) electrons. The zero-order chi connectivity index (χ0) is 18.6. The van der Waals surface area contributed by atoms with Crippen LogP contribution < -0.4 is 5.43 Å². The van der Waals surface area contributed by atoms with E-state index < -0.39 is 4.92 Å². The molecule has 0 unspecified atom stereocenters. The summed E-state index contributed by atoms with van der Waals surface area (Å²) in [4.78, 5) is 19.0. The van der Waals surface area contributed by atoms with Gasteiger partial charge >= 0.3 is 5.88 Å². The fourth-order valence-electron chi connectivity index (χ4n) is 2.61. The lowest BCUT2D eigenvalue weighted by Crippen LogP contribution is -1.99. The van der Waals surface area contributed by atoms with Gasteiger partial charge in [-0.1, -0.05) is 48.5 Å². The summed E-state index contributed by atoms with van der Waals surface area (Å²) >= 11 is 0. The second-order valence-electron chi connectivity index (χ2n) is 5.58. The lowest BCUT2D eigenvalue weighted by atomic mass is 10.1. The molecule has 0 aliphatic rings. The van der Waals surface area contributed by atoms with E-state index in [2.05, 4.69) is 20.5 Å². The van der Waals surface area contributed by atoms with Gasteiger partial charge in [0.1, 0.15) is 4.92 Å². The Labute approximate surface area is 153 Å². The Bertz CT molecular complexity index is 1140. The van der Waals surface area contributed by atoms with Crippen molar-refractivity contribution in [2.24, 2.45) is 5.10 Å². The minimum absolute atomic E-state index is 0.248. The van der Waals surface area contributed by atoms with Gasteiger partial charge in [-0.3, -0.25) is 10.1 Å². The fourth-order valence-corrected chi connectivity index (χ4v) is 2.61. The molecule has 0 spiro atoms. The van der Waals surface area contributed by atoms with Crippen molar-refractivity contribution in [3.8, 4) is 11.3 Å². The number of rotatable bonds is 5. The summed E-state index contributed by atoms with van der Waals surface area (Å²) in [5.41, 5.74) is 5.27. The van der Waals surface area contributed by atoms with Crippen LogP contribution in [0.15, 0.2) is 76.2 Å². The number of nitrogens with zero attached hydrogens (tertiary/aromatic N) is 4. The summed E-state index contributed by atoms with van der Waals surface area (Å²) in [5.74, 6) is 0.216. The van der Waals surface area contributed by atoms with Gasteiger partial charge in [-0.15, -0.1) is 0 Å². The maximum Gasteiger partial charge on any atom is 0.433 e. The van der Waals surface area contributed by atoms with Gasteiger partial charge in [0.25, 0.3) is 0 Å². The average molecular weight is 359 g/mol. The van der Waals surface area contributed by atoms with Gasteiger partial charge < -0.3 is 4.42 Å². The van der Waals surface area contributed by atoms with Gasteiger partial charge in [0, 0.05) is 10.9 Å². The highest BCUT2D eigenvalue weighted by Crippen LogP contribution is 2.27. The standard InChI is InChI=1S/C19H13N5O3/c25-24(26)17-11-10-14(27-17)12-20-23-19-21-16-9-5-4-8-15(16)18(22-19)13-6-2-1-3-7-13/h1-12H,(H,21,22,23)/b20-12+. The monoisotopic (exact) mass is 359 g/mol. The van der Waals surface area contributed by atoms with Gasteiger partial charge in [-0.05, 0) is 12.1 Å². The van der Waals surface area contributed by atoms with E-state index in [1.165, 1.54) is 18.3 Å². The van der Waals surface area contributed by atoms with E-state index in [0.29, 0.717) is 5.95 Å². The molecule has 0 fully saturated rings. The molecule has 0 aliphatic carbocycles. The predicted octanol–water partition coefficient (Wildman–Crippen LogP) is 4.24. The highest BCUT2D eigenvalue weighted by Gasteiger charge is 2.11. The van der Waals surface area contributed by atoms with Crippen molar-refractivity contribution < 1.29 is 9.34 Å². The molecule has 2 aromatic heterocycles. The molecule has 4 aromatic rings. The van der Waals surface area contributed by atoms with Crippen LogP contribution in [0.2, 0.25) is 0 Å². The van der Waals surface area contributed by atoms with E-state index in [9.17, 15) is 10.1 Å². The molecule has 27 heavy (non-hydrogen) atoms. The van der Waals surface area contributed by atoms with Crippen LogP contribution >= 0.6 is 0 Å². The summed E-state index contributed by atoms with van der Waals surface area (Å²) in [6.07, 6.45) is 1.33. The predicted molar refractivity (Wildman–Crippen MR) is 102 cm³/mol. The Balaban J connectivity index is 1.66. The summed E-state index contributed by atoms with van der Waals surface area (Å²) in [6.45, 7) is 0. The van der Waals surface area contributed by atoms with Crippen LogP contribution in [-0.2, 0) is 0 Å². The van der Waals surface area contributed by atoms with Crippen LogP contribution in [0.4, 0.5) is 11.8 Å². The summed E-state index contributed by atoms with van der Waals surface area (Å²) < 4.78 is 5.02. The Morgan fingerprint density at radius 2 is 1.78 bits per heavy atom. The number of anilines is 1. The lowest BCUT2D eigenvalue weighted by molar-refractivity contribution is -0.402. The van der Waals surface area contributed by atoms with E-state index in [0.717, 1.165) is 22.2 Å². The van der Waals surface area contributed by atoms with E-state index in [1.54, 1.807) is 0 Å². The van der Waals surface area contributed by atoms with Crippen LogP contribution in [0.25, 0.3) is 22.2 Å². The molecule has 1 N–H and O–H groups in total. The molecule has 0 saturated carbocycles. The van der Waals surface area contributed by atoms with Crippen molar-refractivity contribution in [2.45, 2.75) is 0 Å². The Morgan fingerprint density at radius 1 is 1.00 bits per heavy atom. The number of furan rings is 1. The zero-order valence-electron chi connectivity index (χ0n) is 13.9. The number of fused-ring (bicyclic) bond motifs is 1. The Hall–Kier alpha value is -4.07. The molecular formula is C19H13N5O3. The number of para-hydroxylation sites is 1. The van der Waals surface area contributed by atoms with E-state index in [4.69, 9.17) is 4.42 Å². The molecule has 8 heteroatoms. The van der Waals surface area contributed by atoms with Crippen molar-refractivity contribution in [1.29, 1.82) is 0 Å². The molecular weight excluding hydrogens is 346 g/mol. The normalized spacial score (nSPS) is 11.1. The minimum Gasteiger partial charge on any atom is -0.400 e. The number of nitro groups is 1. The molecule has 0 amide bonds. The largest absolute Gasteiger partial charge is 0.433 e. The second kappa shape index (κ2) is 7.04. The molecule has 0 saturated heterocycles. The van der Waals surface area contributed by atoms with Crippen LogP contribution in [-0.4, -0.2) is 21.1 Å². The third-order valence-corrected chi connectivity index (χ3v) is 3.80. The summed E-state index contributed by atoms with van der Waals surface area (Å²) in [5, 5.41) is 15.6.